The molecule has 2 rings (SSSR count). The molecular formula is C10H11BrClNO3S. The average Bonchev–Trinajstić information content (AvgIpc) is 2.69. The number of aliphatic hydroxyl groups is 1. The quantitative estimate of drug-likeness (QED) is 0.894. The van der Waals surface area contributed by atoms with Crippen molar-refractivity contribution in [3.63, 3.8) is 0 Å². The highest BCUT2D eigenvalue weighted by Gasteiger charge is 2.31. The van der Waals surface area contributed by atoms with Crippen molar-refractivity contribution in [1.82, 2.24) is 4.31 Å². The van der Waals surface area contributed by atoms with E-state index in [0.717, 1.165) is 0 Å². The number of halogens is 2. The zero-order valence-electron chi connectivity index (χ0n) is 8.81. The van der Waals surface area contributed by atoms with Gasteiger partial charge in [-0.15, -0.1) is 0 Å². The Labute approximate surface area is 113 Å². The van der Waals surface area contributed by atoms with E-state index in [1.54, 1.807) is 6.07 Å². The third kappa shape index (κ3) is 2.66. The molecule has 0 saturated carbocycles. The van der Waals surface area contributed by atoms with E-state index in [4.69, 9.17) is 11.6 Å². The van der Waals surface area contributed by atoms with Gasteiger partial charge in [0.2, 0.25) is 10.0 Å². The maximum Gasteiger partial charge on any atom is 0.243 e. The molecule has 1 N–H and O–H groups in total. The van der Waals surface area contributed by atoms with Crippen LogP contribution in [0.3, 0.4) is 0 Å². The Bertz CT molecular complexity index is 534. The van der Waals surface area contributed by atoms with E-state index < -0.39 is 16.1 Å². The molecule has 0 unspecified atom stereocenters. The van der Waals surface area contributed by atoms with Crippen LogP contribution in [0.1, 0.15) is 6.42 Å². The molecule has 1 aromatic rings. The third-order valence-corrected chi connectivity index (χ3v) is 5.75. The van der Waals surface area contributed by atoms with Crippen molar-refractivity contribution < 1.29 is 13.5 Å². The normalized spacial score (nSPS) is 21.9. The first-order valence-corrected chi connectivity index (χ1v) is 7.65. The molecular weight excluding hydrogens is 330 g/mol. The van der Waals surface area contributed by atoms with Gasteiger partial charge < -0.3 is 5.11 Å². The van der Waals surface area contributed by atoms with Gasteiger partial charge in [0.05, 0.1) is 16.0 Å². The molecule has 1 fully saturated rings. The van der Waals surface area contributed by atoms with Crippen LogP contribution in [-0.4, -0.2) is 37.0 Å². The van der Waals surface area contributed by atoms with Crippen LogP contribution in [-0.2, 0) is 10.0 Å². The van der Waals surface area contributed by atoms with Crippen LogP contribution >= 0.6 is 27.5 Å². The van der Waals surface area contributed by atoms with Gasteiger partial charge in [0.15, 0.2) is 0 Å². The Balaban J connectivity index is 2.35. The number of hydrogen-bond acceptors (Lipinski definition) is 3. The second-order valence-electron chi connectivity index (χ2n) is 3.88. The minimum absolute atomic E-state index is 0.149. The number of sulfonamides is 1. The molecule has 1 heterocycles. The molecule has 0 radical (unpaired) electrons. The second kappa shape index (κ2) is 4.85. The van der Waals surface area contributed by atoms with Gasteiger partial charge >= 0.3 is 0 Å². The summed E-state index contributed by atoms with van der Waals surface area (Å²) >= 11 is 9.08. The summed E-state index contributed by atoms with van der Waals surface area (Å²) < 4.78 is 26.3. The fourth-order valence-electron chi connectivity index (χ4n) is 1.72. The van der Waals surface area contributed by atoms with Gasteiger partial charge in [-0.05, 0) is 40.5 Å². The van der Waals surface area contributed by atoms with E-state index in [1.165, 1.54) is 16.4 Å². The number of aliphatic hydroxyl groups excluding tert-OH is 1. The van der Waals surface area contributed by atoms with Crippen molar-refractivity contribution in [2.75, 3.05) is 13.1 Å². The summed E-state index contributed by atoms with van der Waals surface area (Å²) in [5, 5.41) is 9.72. The summed E-state index contributed by atoms with van der Waals surface area (Å²) in [4.78, 5) is 0.153. The van der Waals surface area contributed by atoms with Crippen molar-refractivity contribution in [3.8, 4) is 0 Å². The minimum atomic E-state index is -3.54. The molecule has 0 aromatic heterocycles. The molecule has 0 amide bonds. The molecule has 1 aliphatic heterocycles. The standard InChI is InChI=1S/C10H11BrClNO3S/c11-9-2-1-8(5-10(9)12)17(15,16)13-4-3-7(14)6-13/h1-2,5,7,14H,3-4,6H2/t7-/m0/s1. The zero-order chi connectivity index (χ0) is 12.6. The average molecular weight is 341 g/mol. The smallest absolute Gasteiger partial charge is 0.243 e. The Hall–Kier alpha value is -0.140. The van der Waals surface area contributed by atoms with Gasteiger partial charge in [-0.2, -0.15) is 4.31 Å². The monoisotopic (exact) mass is 339 g/mol. The molecule has 17 heavy (non-hydrogen) atoms. The fourth-order valence-corrected chi connectivity index (χ4v) is 3.73. The SMILES string of the molecule is O=S(=O)(c1ccc(Br)c(Cl)c1)N1CC[C@H](O)C1. The van der Waals surface area contributed by atoms with E-state index in [1.807, 2.05) is 0 Å². The summed E-state index contributed by atoms with van der Waals surface area (Å²) in [5.74, 6) is 0. The summed E-state index contributed by atoms with van der Waals surface area (Å²) in [7, 11) is -3.54. The van der Waals surface area contributed by atoms with Crippen LogP contribution in [0, 0.1) is 0 Å². The number of β-amino-alcohol motifs (C(OH)–C–C–N with tert-alkyl or cyclic N) is 1. The van der Waals surface area contributed by atoms with Crippen LogP contribution < -0.4 is 0 Å². The lowest BCUT2D eigenvalue weighted by atomic mass is 10.3. The number of hydrogen-bond donors (Lipinski definition) is 1. The van der Waals surface area contributed by atoms with Crippen LogP contribution in [0.2, 0.25) is 5.02 Å². The number of benzene rings is 1. The lowest BCUT2D eigenvalue weighted by Crippen LogP contribution is -2.29. The maximum absolute atomic E-state index is 12.2. The molecule has 1 atom stereocenters. The van der Waals surface area contributed by atoms with E-state index >= 15 is 0 Å². The molecule has 4 nitrogen and oxygen atoms in total. The lowest BCUT2D eigenvalue weighted by Gasteiger charge is -2.15. The largest absolute Gasteiger partial charge is 0.392 e. The molecule has 0 bridgehead atoms. The zero-order valence-corrected chi connectivity index (χ0v) is 12.0. The highest BCUT2D eigenvalue weighted by atomic mass is 79.9. The van der Waals surface area contributed by atoms with Gasteiger partial charge in [0, 0.05) is 17.6 Å². The molecule has 1 aliphatic rings. The molecule has 7 heteroatoms. The predicted octanol–water partition coefficient (Wildman–Crippen LogP) is 1.86. The Morgan fingerprint density at radius 3 is 2.71 bits per heavy atom. The van der Waals surface area contributed by atoms with Crippen LogP contribution in [0.25, 0.3) is 0 Å². The molecule has 1 saturated heterocycles. The predicted molar refractivity (Wildman–Crippen MR) is 68.5 cm³/mol. The van der Waals surface area contributed by atoms with E-state index in [2.05, 4.69) is 15.9 Å². The molecule has 1 aromatic carbocycles. The van der Waals surface area contributed by atoms with Gasteiger partial charge in [-0.3, -0.25) is 0 Å². The van der Waals surface area contributed by atoms with Crippen LogP contribution in [0.5, 0.6) is 0 Å². The number of nitrogens with zero attached hydrogens (tertiary/aromatic N) is 1. The van der Waals surface area contributed by atoms with E-state index in [0.29, 0.717) is 22.5 Å². The van der Waals surface area contributed by atoms with Crippen molar-refractivity contribution in [2.45, 2.75) is 17.4 Å². The van der Waals surface area contributed by atoms with Crippen molar-refractivity contribution in [3.05, 3.63) is 27.7 Å². The van der Waals surface area contributed by atoms with Crippen LogP contribution in [0.4, 0.5) is 0 Å². The Kier molecular flexibility index (Phi) is 3.80. The fraction of sp³-hybridized carbons (Fsp3) is 0.400. The van der Waals surface area contributed by atoms with Gasteiger partial charge in [-0.25, -0.2) is 8.42 Å². The lowest BCUT2D eigenvalue weighted by molar-refractivity contribution is 0.189. The topological polar surface area (TPSA) is 57.6 Å². The molecule has 0 spiro atoms. The highest BCUT2D eigenvalue weighted by molar-refractivity contribution is 9.10. The van der Waals surface area contributed by atoms with Crippen molar-refractivity contribution in [1.29, 1.82) is 0 Å². The second-order valence-corrected chi connectivity index (χ2v) is 7.08. The van der Waals surface area contributed by atoms with E-state index in [-0.39, 0.29) is 11.4 Å². The summed E-state index contributed by atoms with van der Waals surface area (Å²) in [6.07, 6.45) is -0.0977. The van der Waals surface area contributed by atoms with Crippen molar-refractivity contribution in [2.24, 2.45) is 0 Å². The number of rotatable bonds is 2. The maximum atomic E-state index is 12.2. The minimum Gasteiger partial charge on any atom is -0.392 e. The van der Waals surface area contributed by atoms with Crippen molar-refractivity contribution >= 4 is 37.6 Å². The summed E-state index contributed by atoms with van der Waals surface area (Å²) in [6, 6.07) is 4.50. The first-order chi connectivity index (χ1) is 7.91. The Morgan fingerprint density at radius 1 is 1.47 bits per heavy atom. The van der Waals surface area contributed by atoms with Gasteiger partial charge in [0.25, 0.3) is 0 Å². The molecule has 0 aliphatic carbocycles. The molecule has 94 valence electrons. The summed E-state index contributed by atoms with van der Waals surface area (Å²) in [6.45, 7) is 0.493. The first kappa shape index (κ1) is 13.3. The van der Waals surface area contributed by atoms with Crippen LogP contribution in [0.15, 0.2) is 27.6 Å². The summed E-state index contributed by atoms with van der Waals surface area (Å²) in [5.41, 5.74) is 0. The van der Waals surface area contributed by atoms with E-state index in [9.17, 15) is 13.5 Å². The Morgan fingerprint density at radius 2 is 2.18 bits per heavy atom. The van der Waals surface area contributed by atoms with Gasteiger partial charge in [0.1, 0.15) is 0 Å². The third-order valence-electron chi connectivity index (χ3n) is 2.65. The highest BCUT2D eigenvalue weighted by Crippen LogP contribution is 2.28. The van der Waals surface area contributed by atoms with Gasteiger partial charge in [-0.1, -0.05) is 11.6 Å². The first-order valence-electron chi connectivity index (χ1n) is 5.04.